The molecular weight excluding hydrogens is 276 g/mol. The van der Waals surface area contributed by atoms with E-state index in [9.17, 15) is 9.59 Å². The van der Waals surface area contributed by atoms with Crippen LogP contribution in [-0.4, -0.2) is 22.5 Å². The molecular formula is C14H16N2O3S. The molecule has 0 aliphatic heterocycles. The largest absolute Gasteiger partial charge is 0.460 e. The fraction of sp³-hybridized carbons (Fsp3) is 0.357. The summed E-state index contributed by atoms with van der Waals surface area (Å²) < 4.78 is 4.85. The second-order valence-electron chi connectivity index (χ2n) is 4.63. The number of hydrogen-bond donors (Lipinski definition) is 1. The zero-order valence-corrected chi connectivity index (χ0v) is 12.7. The van der Waals surface area contributed by atoms with Crippen LogP contribution in [0.4, 0.5) is 0 Å². The third-order valence-corrected chi connectivity index (χ3v) is 3.86. The normalized spacial score (nSPS) is 10.6. The summed E-state index contributed by atoms with van der Waals surface area (Å²) in [5.74, 6) is -0.657. The number of allylic oxidation sites excluding steroid dienone is 1. The molecule has 0 saturated carbocycles. The SMILES string of the molecule is CCOC(=O)c1nc2sc(C=C(C)C)c(C)c2c(=O)[nH]1. The van der Waals surface area contributed by atoms with E-state index < -0.39 is 5.97 Å². The highest BCUT2D eigenvalue weighted by Gasteiger charge is 2.16. The summed E-state index contributed by atoms with van der Waals surface area (Å²) in [5, 5.41) is 0.538. The van der Waals surface area contributed by atoms with Crippen molar-refractivity contribution in [1.29, 1.82) is 0 Å². The van der Waals surface area contributed by atoms with E-state index in [0.717, 1.165) is 16.0 Å². The fourth-order valence-electron chi connectivity index (χ4n) is 1.86. The summed E-state index contributed by atoms with van der Waals surface area (Å²) in [4.78, 5) is 32.0. The number of aryl methyl sites for hydroxylation is 1. The van der Waals surface area contributed by atoms with Crippen molar-refractivity contribution in [2.45, 2.75) is 27.7 Å². The molecule has 0 atom stereocenters. The minimum absolute atomic E-state index is 0.0469. The zero-order valence-electron chi connectivity index (χ0n) is 11.9. The molecule has 0 unspecified atom stereocenters. The van der Waals surface area contributed by atoms with Crippen molar-refractivity contribution in [2.75, 3.05) is 6.61 Å². The maximum absolute atomic E-state index is 12.1. The summed E-state index contributed by atoms with van der Waals surface area (Å²) in [5.41, 5.74) is 1.72. The fourth-order valence-corrected chi connectivity index (χ4v) is 3.10. The Morgan fingerprint density at radius 2 is 2.15 bits per heavy atom. The van der Waals surface area contributed by atoms with Crippen molar-refractivity contribution in [3.05, 3.63) is 32.2 Å². The van der Waals surface area contributed by atoms with Crippen molar-refractivity contribution in [1.82, 2.24) is 9.97 Å². The molecule has 2 rings (SSSR count). The van der Waals surface area contributed by atoms with Crippen LogP contribution < -0.4 is 5.56 Å². The first-order chi connectivity index (χ1) is 9.43. The van der Waals surface area contributed by atoms with Crippen molar-refractivity contribution < 1.29 is 9.53 Å². The number of carbonyl (C=O) groups excluding carboxylic acids is 1. The average molecular weight is 292 g/mol. The lowest BCUT2D eigenvalue weighted by atomic mass is 10.2. The van der Waals surface area contributed by atoms with Gasteiger partial charge in [-0.1, -0.05) is 5.57 Å². The van der Waals surface area contributed by atoms with Gasteiger partial charge in [-0.2, -0.15) is 0 Å². The number of ether oxygens (including phenoxy) is 1. The van der Waals surface area contributed by atoms with Gasteiger partial charge in [-0.15, -0.1) is 11.3 Å². The monoisotopic (exact) mass is 292 g/mol. The first kappa shape index (κ1) is 14.5. The highest BCUT2D eigenvalue weighted by molar-refractivity contribution is 7.19. The summed E-state index contributed by atoms with van der Waals surface area (Å²) >= 11 is 1.40. The molecule has 0 saturated heterocycles. The van der Waals surface area contributed by atoms with Gasteiger partial charge < -0.3 is 9.72 Å². The smallest absolute Gasteiger partial charge is 0.374 e. The van der Waals surface area contributed by atoms with Crippen LogP contribution in [0.3, 0.4) is 0 Å². The number of hydrogen-bond acceptors (Lipinski definition) is 5. The Morgan fingerprint density at radius 3 is 2.75 bits per heavy atom. The maximum Gasteiger partial charge on any atom is 0.374 e. The number of fused-ring (bicyclic) bond motifs is 1. The Balaban J connectivity index is 2.64. The van der Waals surface area contributed by atoms with Crippen molar-refractivity contribution in [2.24, 2.45) is 0 Å². The summed E-state index contributed by atoms with van der Waals surface area (Å²) in [7, 11) is 0. The number of carbonyl (C=O) groups is 1. The molecule has 0 amide bonds. The Bertz CT molecular complexity index is 752. The Hall–Kier alpha value is -1.95. The van der Waals surface area contributed by atoms with Crippen LogP contribution in [0.2, 0.25) is 0 Å². The Morgan fingerprint density at radius 1 is 1.45 bits per heavy atom. The van der Waals surface area contributed by atoms with Crippen LogP contribution in [0.25, 0.3) is 16.3 Å². The number of aromatic nitrogens is 2. The quantitative estimate of drug-likeness (QED) is 0.883. The van der Waals surface area contributed by atoms with Crippen LogP contribution in [0.1, 0.15) is 41.8 Å². The molecule has 6 heteroatoms. The first-order valence-electron chi connectivity index (χ1n) is 6.29. The van der Waals surface area contributed by atoms with E-state index >= 15 is 0 Å². The van der Waals surface area contributed by atoms with E-state index in [-0.39, 0.29) is 18.0 Å². The summed E-state index contributed by atoms with van der Waals surface area (Å²) in [6.07, 6.45) is 2.01. The Kier molecular flexibility index (Phi) is 4.04. The van der Waals surface area contributed by atoms with Gasteiger partial charge in [0.15, 0.2) is 0 Å². The maximum atomic E-state index is 12.1. The van der Waals surface area contributed by atoms with Gasteiger partial charge in [0, 0.05) is 4.88 Å². The van der Waals surface area contributed by atoms with Crippen molar-refractivity contribution in [3.8, 4) is 0 Å². The molecule has 2 aromatic heterocycles. The number of H-pyrrole nitrogens is 1. The number of nitrogens with zero attached hydrogens (tertiary/aromatic N) is 1. The molecule has 2 aromatic rings. The lowest BCUT2D eigenvalue weighted by Gasteiger charge is -2.00. The summed E-state index contributed by atoms with van der Waals surface area (Å²) in [6.45, 7) is 7.81. The van der Waals surface area contributed by atoms with Gasteiger partial charge in [0.2, 0.25) is 5.82 Å². The molecule has 0 aliphatic carbocycles. The van der Waals surface area contributed by atoms with E-state index in [1.165, 1.54) is 11.3 Å². The molecule has 1 N–H and O–H groups in total. The van der Waals surface area contributed by atoms with Gasteiger partial charge in [0.1, 0.15) is 4.83 Å². The highest BCUT2D eigenvalue weighted by atomic mass is 32.1. The van der Waals surface area contributed by atoms with E-state index in [1.807, 2.05) is 26.8 Å². The molecule has 0 bridgehead atoms. The molecule has 0 spiro atoms. The minimum Gasteiger partial charge on any atom is -0.460 e. The van der Waals surface area contributed by atoms with Crippen LogP contribution >= 0.6 is 11.3 Å². The number of thiophene rings is 1. The third kappa shape index (κ3) is 2.65. The third-order valence-electron chi connectivity index (χ3n) is 2.73. The van der Waals surface area contributed by atoms with Gasteiger partial charge in [-0.05, 0) is 39.3 Å². The molecule has 5 nitrogen and oxygen atoms in total. The van der Waals surface area contributed by atoms with Crippen molar-refractivity contribution in [3.63, 3.8) is 0 Å². The van der Waals surface area contributed by atoms with Crippen molar-refractivity contribution >= 4 is 33.6 Å². The van der Waals surface area contributed by atoms with Gasteiger partial charge in [-0.3, -0.25) is 4.79 Å². The second-order valence-corrected chi connectivity index (χ2v) is 5.66. The lowest BCUT2D eigenvalue weighted by Crippen LogP contribution is -2.17. The van der Waals surface area contributed by atoms with Crippen LogP contribution in [0, 0.1) is 6.92 Å². The lowest BCUT2D eigenvalue weighted by molar-refractivity contribution is 0.0512. The predicted molar refractivity (Wildman–Crippen MR) is 80.3 cm³/mol. The van der Waals surface area contributed by atoms with Gasteiger partial charge >= 0.3 is 5.97 Å². The van der Waals surface area contributed by atoms with Gasteiger partial charge in [0.05, 0.1) is 12.0 Å². The minimum atomic E-state index is -0.610. The number of nitrogens with one attached hydrogen (secondary N) is 1. The number of rotatable bonds is 3. The highest BCUT2D eigenvalue weighted by Crippen LogP contribution is 2.28. The standard InChI is InChI=1S/C14H16N2O3S/c1-5-19-14(18)11-15-12(17)10-8(4)9(6-7(2)3)20-13(10)16-11/h6H,5H2,1-4H3,(H,15,16,17). The predicted octanol–water partition coefficient (Wildman–Crippen LogP) is 2.89. The van der Waals surface area contributed by atoms with Crippen LogP contribution in [-0.2, 0) is 4.74 Å². The van der Waals surface area contributed by atoms with E-state index in [2.05, 4.69) is 9.97 Å². The molecule has 0 fully saturated rings. The molecule has 2 heterocycles. The van der Waals surface area contributed by atoms with E-state index in [1.54, 1.807) is 6.92 Å². The van der Waals surface area contributed by atoms with E-state index in [4.69, 9.17) is 4.74 Å². The number of esters is 1. The molecule has 0 aliphatic rings. The van der Waals surface area contributed by atoms with Gasteiger partial charge in [0.25, 0.3) is 5.56 Å². The second kappa shape index (κ2) is 5.58. The van der Waals surface area contributed by atoms with E-state index in [0.29, 0.717) is 10.2 Å². The van der Waals surface area contributed by atoms with Gasteiger partial charge in [-0.25, -0.2) is 9.78 Å². The number of aromatic amines is 1. The molecule has 106 valence electrons. The average Bonchev–Trinajstić information content (AvgIpc) is 2.66. The topological polar surface area (TPSA) is 72.0 Å². The molecule has 20 heavy (non-hydrogen) atoms. The Labute approximate surface area is 120 Å². The first-order valence-corrected chi connectivity index (χ1v) is 7.11. The molecule has 0 radical (unpaired) electrons. The van der Waals surface area contributed by atoms with Crippen LogP contribution in [0.15, 0.2) is 10.4 Å². The zero-order chi connectivity index (χ0) is 14.9. The van der Waals surface area contributed by atoms with Crippen LogP contribution in [0.5, 0.6) is 0 Å². The summed E-state index contributed by atoms with van der Waals surface area (Å²) in [6, 6.07) is 0. The molecule has 0 aromatic carbocycles.